The minimum Gasteiger partial charge on any atom is -0.484 e. The minimum absolute atomic E-state index is 0.00177. The highest BCUT2D eigenvalue weighted by Gasteiger charge is 2.11. The molecule has 2 rings (SSSR count). The maximum Gasteiger partial charge on any atom is 0.269 e. The van der Waals surface area contributed by atoms with Crippen molar-refractivity contribution in [1.82, 2.24) is 0 Å². The van der Waals surface area contributed by atoms with Crippen molar-refractivity contribution in [3.05, 3.63) is 58.6 Å². The largest absolute Gasteiger partial charge is 0.484 e. The maximum absolute atomic E-state index is 11.8. The Bertz CT molecular complexity index is 861. The van der Waals surface area contributed by atoms with Crippen LogP contribution < -0.4 is 10.1 Å². The van der Waals surface area contributed by atoms with Crippen molar-refractivity contribution in [2.45, 2.75) is 11.8 Å². The van der Waals surface area contributed by atoms with Crippen LogP contribution in [0.4, 0.5) is 11.4 Å². The predicted molar refractivity (Wildman–Crippen MR) is 91.4 cm³/mol. The second-order valence-electron chi connectivity index (χ2n) is 5.02. The zero-order valence-electron chi connectivity index (χ0n) is 13.3. The Morgan fingerprint density at radius 3 is 2.24 bits per heavy atom. The molecule has 0 unspecified atom stereocenters. The number of nitrogens with zero attached hydrogens (tertiary/aromatic N) is 1. The van der Waals surface area contributed by atoms with Gasteiger partial charge in [0, 0.05) is 17.8 Å². The average Bonchev–Trinajstić information content (AvgIpc) is 2.61. The summed E-state index contributed by atoms with van der Waals surface area (Å²) < 4.78 is 28.7. The molecule has 1 amide bonds. The first-order valence-corrected chi connectivity index (χ1v) is 8.97. The zero-order chi connectivity index (χ0) is 18.4. The Labute approximate surface area is 144 Å². The number of hydrogen-bond donors (Lipinski definition) is 1. The van der Waals surface area contributed by atoms with Crippen LogP contribution in [0.15, 0.2) is 53.4 Å². The molecule has 0 spiro atoms. The van der Waals surface area contributed by atoms with E-state index in [1.165, 1.54) is 48.5 Å². The molecule has 0 aliphatic carbocycles. The molecule has 2 aromatic rings. The predicted octanol–water partition coefficient (Wildman–Crippen LogP) is 2.41. The van der Waals surface area contributed by atoms with Gasteiger partial charge in [-0.15, -0.1) is 0 Å². The molecular formula is C16H16N2O6S. The van der Waals surface area contributed by atoms with Crippen LogP contribution in [0.25, 0.3) is 0 Å². The highest BCUT2D eigenvalue weighted by Crippen LogP contribution is 2.18. The van der Waals surface area contributed by atoms with Gasteiger partial charge in [0.15, 0.2) is 16.4 Å². The fourth-order valence-electron chi connectivity index (χ4n) is 1.92. The number of benzene rings is 2. The van der Waals surface area contributed by atoms with Crippen molar-refractivity contribution in [3.63, 3.8) is 0 Å². The van der Waals surface area contributed by atoms with E-state index in [9.17, 15) is 23.3 Å². The number of nitrogens with one attached hydrogen (secondary N) is 1. The van der Waals surface area contributed by atoms with Crippen LogP contribution in [0.1, 0.15) is 6.92 Å². The summed E-state index contributed by atoms with van der Waals surface area (Å²) in [4.78, 5) is 22.0. The van der Waals surface area contributed by atoms with Gasteiger partial charge >= 0.3 is 0 Å². The molecule has 0 saturated carbocycles. The molecule has 0 fully saturated rings. The molecule has 25 heavy (non-hydrogen) atoms. The third-order valence-electron chi connectivity index (χ3n) is 3.29. The molecule has 0 aliphatic heterocycles. The lowest BCUT2D eigenvalue weighted by molar-refractivity contribution is -0.384. The van der Waals surface area contributed by atoms with Crippen molar-refractivity contribution >= 4 is 27.1 Å². The number of carbonyl (C=O) groups excluding carboxylic acids is 1. The first-order chi connectivity index (χ1) is 11.8. The van der Waals surface area contributed by atoms with Gasteiger partial charge in [-0.1, -0.05) is 6.92 Å². The Morgan fingerprint density at radius 1 is 1.12 bits per heavy atom. The van der Waals surface area contributed by atoms with Crippen LogP contribution in [-0.4, -0.2) is 31.6 Å². The summed E-state index contributed by atoms with van der Waals surface area (Å²) in [5.41, 5.74) is 0.367. The van der Waals surface area contributed by atoms with E-state index in [1.807, 2.05) is 0 Å². The first kappa shape index (κ1) is 18.4. The van der Waals surface area contributed by atoms with Crippen molar-refractivity contribution in [2.75, 3.05) is 17.7 Å². The second kappa shape index (κ2) is 7.75. The van der Waals surface area contributed by atoms with E-state index in [4.69, 9.17) is 4.74 Å². The number of non-ortho nitro benzene ring substituents is 1. The van der Waals surface area contributed by atoms with Gasteiger partial charge in [0.1, 0.15) is 5.75 Å². The number of amides is 1. The summed E-state index contributed by atoms with van der Waals surface area (Å²) in [7, 11) is -3.28. The van der Waals surface area contributed by atoms with Crippen LogP contribution in [0.3, 0.4) is 0 Å². The molecule has 2 aromatic carbocycles. The SMILES string of the molecule is CCS(=O)(=O)c1ccc(NC(=O)COc2ccc([N+](=O)[O-])cc2)cc1. The molecule has 8 nitrogen and oxygen atoms in total. The maximum atomic E-state index is 11.8. The Balaban J connectivity index is 1.91. The highest BCUT2D eigenvalue weighted by molar-refractivity contribution is 7.91. The lowest BCUT2D eigenvalue weighted by Crippen LogP contribution is -2.20. The lowest BCUT2D eigenvalue weighted by atomic mass is 10.3. The van der Waals surface area contributed by atoms with E-state index in [1.54, 1.807) is 6.92 Å². The number of ether oxygens (including phenoxy) is 1. The van der Waals surface area contributed by atoms with E-state index in [2.05, 4.69) is 5.32 Å². The van der Waals surface area contributed by atoms with Gasteiger partial charge < -0.3 is 10.1 Å². The number of carbonyl (C=O) groups is 1. The molecule has 0 saturated heterocycles. The smallest absolute Gasteiger partial charge is 0.269 e. The normalized spacial score (nSPS) is 10.9. The molecule has 0 heterocycles. The van der Waals surface area contributed by atoms with Gasteiger partial charge in [0.25, 0.3) is 11.6 Å². The van der Waals surface area contributed by atoms with E-state index in [0.717, 1.165) is 0 Å². The monoisotopic (exact) mass is 364 g/mol. The summed E-state index contributed by atoms with van der Waals surface area (Å²) in [6.45, 7) is 1.27. The van der Waals surface area contributed by atoms with Crippen LogP contribution in [-0.2, 0) is 14.6 Å². The van der Waals surface area contributed by atoms with Gasteiger partial charge in [-0.2, -0.15) is 0 Å². The van der Waals surface area contributed by atoms with Crippen LogP contribution in [0.5, 0.6) is 5.75 Å². The quantitative estimate of drug-likeness (QED) is 0.596. The Morgan fingerprint density at radius 2 is 1.72 bits per heavy atom. The Hall–Kier alpha value is -2.94. The number of rotatable bonds is 7. The van der Waals surface area contributed by atoms with Gasteiger partial charge in [-0.05, 0) is 36.4 Å². The fourth-order valence-corrected chi connectivity index (χ4v) is 2.81. The second-order valence-corrected chi connectivity index (χ2v) is 7.29. The van der Waals surface area contributed by atoms with Gasteiger partial charge in [0.2, 0.25) is 0 Å². The third-order valence-corrected chi connectivity index (χ3v) is 5.05. The van der Waals surface area contributed by atoms with Gasteiger partial charge in [-0.25, -0.2) is 8.42 Å². The van der Waals surface area contributed by atoms with E-state index in [0.29, 0.717) is 11.4 Å². The lowest BCUT2D eigenvalue weighted by Gasteiger charge is -2.08. The molecule has 9 heteroatoms. The van der Waals surface area contributed by atoms with Gasteiger partial charge in [0.05, 0.1) is 15.6 Å². The number of anilines is 1. The summed E-state index contributed by atoms with van der Waals surface area (Å²) in [5, 5.41) is 13.1. The zero-order valence-corrected chi connectivity index (χ0v) is 14.2. The molecule has 0 aliphatic rings. The van der Waals surface area contributed by atoms with Crippen LogP contribution >= 0.6 is 0 Å². The van der Waals surface area contributed by atoms with Crippen molar-refractivity contribution in [1.29, 1.82) is 0 Å². The summed E-state index contributed by atoms with van der Waals surface area (Å²) in [6, 6.07) is 11.2. The number of nitro groups is 1. The number of sulfone groups is 1. The third kappa shape index (κ3) is 5.01. The van der Waals surface area contributed by atoms with Crippen molar-refractivity contribution in [2.24, 2.45) is 0 Å². The van der Waals surface area contributed by atoms with Crippen LogP contribution in [0, 0.1) is 10.1 Å². The van der Waals surface area contributed by atoms with Crippen molar-refractivity contribution < 1.29 is 22.9 Å². The first-order valence-electron chi connectivity index (χ1n) is 7.32. The molecule has 1 N–H and O–H groups in total. The average molecular weight is 364 g/mol. The fraction of sp³-hybridized carbons (Fsp3) is 0.188. The summed E-state index contributed by atoms with van der Waals surface area (Å²) >= 11 is 0. The summed E-state index contributed by atoms with van der Waals surface area (Å²) in [5.74, 6) is -0.114. The van der Waals surface area contributed by atoms with E-state index < -0.39 is 20.7 Å². The number of nitro benzene ring substituents is 1. The Kier molecular flexibility index (Phi) is 5.71. The van der Waals surface area contributed by atoms with Gasteiger partial charge in [-0.3, -0.25) is 14.9 Å². The standard InChI is InChI=1S/C16H16N2O6S/c1-2-25(22,23)15-9-3-12(4-10-15)17-16(19)11-24-14-7-5-13(6-8-14)18(20)21/h3-10H,2,11H2,1H3,(H,17,19). The summed E-state index contributed by atoms with van der Waals surface area (Å²) in [6.07, 6.45) is 0. The molecular weight excluding hydrogens is 348 g/mol. The molecule has 0 radical (unpaired) electrons. The molecule has 0 aromatic heterocycles. The van der Waals surface area contributed by atoms with E-state index in [-0.39, 0.29) is 22.9 Å². The molecule has 0 bridgehead atoms. The minimum atomic E-state index is -3.28. The van der Waals surface area contributed by atoms with Crippen molar-refractivity contribution in [3.8, 4) is 5.75 Å². The number of hydrogen-bond acceptors (Lipinski definition) is 6. The molecule has 132 valence electrons. The van der Waals surface area contributed by atoms with E-state index >= 15 is 0 Å². The van der Waals surface area contributed by atoms with Crippen LogP contribution in [0.2, 0.25) is 0 Å². The highest BCUT2D eigenvalue weighted by atomic mass is 32.2. The topological polar surface area (TPSA) is 116 Å². The molecule has 0 atom stereocenters.